The van der Waals surface area contributed by atoms with E-state index in [1.54, 1.807) is 6.92 Å². The fourth-order valence-electron chi connectivity index (χ4n) is 3.75. The average molecular weight is 383 g/mol. The molecule has 2 amide bonds. The van der Waals surface area contributed by atoms with Gasteiger partial charge in [-0.05, 0) is 52.5 Å². The Morgan fingerprint density at radius 3 is 2.15 bits per heavy atom. The SMILES string of the molecule is CC(=O)NCCCN1CCN(CC2CCN(C(=O)OC(C)(C)C)CC2)CC1. The van der Waals surface area contributed by atoms with Crippen LogP contribution in [0.15, 0.2) is 0 Å². The first-order chi connectivity index (χ1) is 12.7. The molecule has 2 saturated heterocycles. The molecule has 0 spiro atoms. The van der Waals surface area contributed by atoms with Crippen LogP contribution in [0.2, 0.25) is 0 Å². The molecule has 0 aromatic heterocycles. The molecule has 7 heteroatoms. The van der Waals surface area contributed by atoms with Gasteiger partial charge in [-0.15, -0.1) is 0 Å². The molecule has 0 aliphatic carbocycles. The van der Waals surface area contributed by atoms with Crippen molar-refractivity contribution in [2.75, 3.05) is 58.9 Å². The summed E-state index contributed by atoms with van der Waals surface area (Å²) in [5, 5.41) is 2.86. The monoisotopic (exact) mass is 382 g/mol. The van der Waals surface area contributed by atoms with Gasteiger partial charge in [0.25, 0.3) is 0 Å². The zero-order chi connectivity index (χ0) is 19.9. The molecule has 0 radical (unpaired) electrons. The first-order valence-corrected chi connectivity index (χ1v) is 10.4. The number of hydrogen-bond acceptors (Lipinski definition) is 5. The largest absolute Gasteiger partial charge is 0.444 e. The molecule has 2 aliphatic rings. The van der Waals surface area contributed by atoms with Crippen molar-refractivity contribution in [1.29, 1.82) is 0 Å². The van der Waals surface area contributed by atoms with Crippen LogP contribution in [0, 0.1) is 5.92 Å². The Labute approximate surface area is 164 Å². The summed E-state index contributed by atoms with van der Waals surface area (Å²) in [6, 6.07) is 0. The summed E-state index contributed by atoms with van der Waals surface area (Å²) in [6.45, 7) is 16.3. The number of amides is 2. The van der Waals surface area contributed by atoms with E-state index < -0.39 is 5.60 Å². The molecule has 1 N–H and O–H groups in total. The average Bonchev–Trinajstić information content (AvgIpc) is 2.59. The van der Waals surface area contributed by atoms with E-state index in [4.69, 9.17) is 4.74 Å². The second-order valence-corrected chi connectivity index (χ2v) is 8.89. The molecular weight excluding hydrogens is 344 g/mol. The van der Waals surface area contributed by atoms with Gasteiger partial charge in [0, 0.05) is 59.3 Å². The summed E-state index contributed by atoms with van der Waals surface area (Å²) in [4.78, 5) is 30.0. The Morgan fingerprint density at radius 2 is 1.59 bits per heavy atom. The van der Waals surface area contributed by atoms with Gasteiger partial charge in [-0.2, -0.15) is 0 Å². The number of likely N-dealkylation sites (tertiary alicyclic amines) is 1. The number of hydrogen-bond donors (Lipinski definition) is 1. The van der Waals surface area contributed by atoms with Crippen molar-refractivity contribution in [3.8, 4) is 0 Å². The molecule has 27 heavy (non-hydrogen) atoms. The standard InChI is InChI=1S/C20H38N4O3/c1-17(25)21-8-5-9-22-12-14-23(15-13-22)16-18-6-10-24(11-7-18)19(26)27-20(2,3)4/h18H,5-16H2,1-4H3,(H,21,25). The third-order valence-electron chi connectivity index (χ3n) is 5.27. The topological polar surface area (TPSA) is 65.1 Å². The third-order valence-corrected chi connectivity index (χ3v) is 5.27. The minimum atomic E-state index is -0.421. The molecule has 0 unspecified atom stereocenters. The molecule has 7 nitrogen and oxygen atoms in total. The zero-order valence-corrected chi connectivity index (χ0v) is 17.6. The summed E-state index contributed by atoms with van der Waals surface area (Å²) >= 11 is 0. The maximum absolute atomic E-state index is 12.2. The number of nitrogens with one attached hydrogen (secondary N) is 1. The number of piperidine rings is 1. The van der Waals surface area contributed by atoms with Gasteiger partial charge in [0.1, 0.15) is 5.60 Å². The molecule has 0 saturated carbocycles. The summed E-state index contributed by atoms with van der Waals surface area (Å²) in [5.74, 6) is 0.729. The van der Waals surface area contributed by atoms with E-state index in [0.29, 0.717) is 5.92 Å². The Kier molecular flexibility index (Phi) is 8.35. The molecule has 0 aromatic rings. The number of nitrogens with zero attached hydrogens (tertiary/aromatic N) is 3. The minimum absolute atomic E-state index is 0.0533. The molecule has 156 valence electrons. The quantitative estimate of drug-likeness (QED) is 0.710. The van der Waals surface area contributed by atoms with Crippen LogP contribution >= 0.6 is 0 Å². The lowest BCUT2D eigenvalue weighted by atomic mass is 9.96. The lowest BCUT2D eigenvalue weighted by Gasteiger charge is -2.39. The normalized spacial score (nSPS) is 20.5. The van der Waals surface area contributed by atoms with Gasteiger partial charge in [0.2, 0.25) is 5.91 Å². The van der Waals surface area contributed by atoms with Gasteiger partial charge < -0.3 is 24.8 Å². The van der Waals surface area contributed by atoms with Crippen LogP contribution in [0.4, 0.5) is 4.79 Å². The van der Waals surface area contributed by atoms with Gasteiger partial charge in [-0.25, -0.2) is 4.79 Å². The summed E-state index contributed by atoms with van der Waals surface area (Å²) < 4.78 is 5.48. The summed E-state index contributed by atoms with van der Waals surface area (Å²) in [6.07, 6.45) is 2.98. The number of piperazine rings is 1. The van der Waals surface area contributed by atoms with Crippen molar-refractivity contribution in [3.05, 3.63) is 0 Å². The number of carbonyl (C=O) groups is 2. The Hall–Kier alpha value is -1.34. The van der Waals surface area contributed by atoms with Crippen LogP contribution in [-0.4, -0.2) is 91.2 Å². The number of rotatable bonds is 6. The maximum Gasteiger partial charge on any atom is 0.410 e. The minimum Gasteiger partial charge on any atom is -0.444 e. The fraction of sp³-hybridized carbons (Fsp3) is 0.900. The van der Waals surface area contributed by atoms with E-state index in [1.165, 1.54) is 0 Å². The summed E-state index contributed by atoms with van der Waals surface area (Å²) in [5.41, 5.74) is -0.421. The van der Waals surface area contributed by atoms with Crippen molar-refractivity contribution >= 4 is 12.0 Å². The van der Waals surface area contributed by atoms with Crippen LogP contribution < -0.4 is 5.32 Å². The highest BCUT2D eigenvalue weighted by Crippen LogP contribution is 2.21. The van der Waals surface area contributed by atoms with E-state index in [-0.39, 0.29) is 12.0 Å². The van der Waals surface area contributed by atoms with Crippen LogP contribution in [0.5, 0.6) is 0 Å². The zero-order valence-electron chi connectivity index (χ0n) is 17.6. The lowest BCUT2D eigenvalue weighted by molar-refractivity contribution is -0.118. The molecule has 2 fully saturated rings. The van der Waals surface area contributed by atoms with Gasteiger partial charge in [0.15, 0.2) is 0 Å². The van der Waals surface area contributed by atoms with Crippen LogP contribution in [0.25, 0.3) is 0 Å². The van der Waals surface area contributed by atoms with Crippen LogP contribution in [0.1, 0.15) is 47.0 Å². The number of ether oxygens (including phenoxy) is 1. The van der Waals surface area contributed by atoms with Gasteiger partial charge in [0.05, 0.1) is 0 Å². The molecule has 2 heterocycles. The predicted molar refractivity (Wildman–Crippen MR) is 107 cm³/mol. The van der Waals surface area contributed by atoms with E-state index >= 15 is 0 Å². The fourth-order valence-corrected chi connectivity index (χ4v) is 3.75. The van der Waals surface area contributed by atoms with Crippen molar-refractivity contribution in [3.63, 3.8) is 0 Å². The van der Waals surface area contributed by atoms with Crippen LogP contribution in [-0.2, 0) is 9.53 Å². The van der Waals surface area contributed by atoms with E-state index in [1.807, 2.05) is 25.7 Å². The molecule has 2 aliphatic heterocycles. The van der Waals surface area contributed by atoms with E-state index in [2.05, 4.69) is 15.1 Å². The predicted octanol–water partition coefficient (Wildman–Crippen LogP) is 1.78. The molecular formula is C20H38N4O3. The van der Waals surface area contributed by atoms with Crippen molar-refractivity contribution in [2.45, 2.75) is 52.6 Å². The Balaban J connectivity index is 1.59. The van der Waals surface area contributed by atoms with Crippen molar-refractivity contribution in [1.82, 2.24) is 20.0 Å². The highest BCUT2D eigenvalue weighted by Gasteiger charge is 2.28. The highest BCUT2D eigenvalue weighted by atomic mass is 16.6. The van der Waals surface area contributed by atoms with Gasteiger partial charge in [-0.1, -0.05) is 0 Å². The van der Waals surface area contributed by atoms with Gasteiger partial charge >= 0.3 is 6.09 Å². The lowest BCUT2D eigenvalue weighted by Crippen LogP contribution is -2.49. The summed E-state index contributed by atoms with van der Waals surface area (Å²) in [7, 11) is 0. The molecule has 2 rings (SSSR count). The Morgan fingerprint density at radius 1 is 1.00 bits per heavy atom. The molecule has 0 aromatic carbocycles. The second kappa shape index (κ2) is 10.3. The maximum atomic E-state index is 12.2. The van der Waals surface area contributed by atoms with Crippen molar-refractivity contribution < 1.29 is 14.3 Å². The smallest absolute Gasteiger partial charge is 0.410 e. The second-order valence-electron chi connectivity index (χ2n) is 8.89. The number of carbonyl (C=O) groups excluding carboxylic acids is 2. The van der Waals surface area contributed by atoms with Crippen molar-refractivity contribution in [2.24, 2.45) is 5.92 Å². The first kappa shape index (κ1) is 22.0. The van der Waals surface area contributed by atoms with E-state index in [0.717, 1.165) is 78.2 Å². The molecule has 0 bridgehead atoms. The van der Waals surface area contributed by atoms with Crippen LogP contribution in [0.3, 0.4) is 0 Å². The highest BCUT2D eigenvalue weighted by molar-refractivity contribution is 5.72. The first-order valence-electron chi connectivity index (χ1n) is 10.4. The Bertz CT molecular complexity index is 476. The van der Waals surface area contributed by atoms with Gasteiger partial charge in [-0.3, -0.25) is 4.79 Å². The van der Waals surface area contributed by atoms with E-state index in [9.17, 15) is 9.59 Å². The molecule has 0 atom stereocenters. The third kappa shape index (κ3) is 8.47.